The summed E-state index contributed by atoms with van der Waals surface area (Å²) in [4.78, 5) is 43.3. The standard InChI is InChI=1S/C25H32N6O2/c1-17(32)30(4)16-20-13-23(29(2)3)28-25(27-20)18-8-7-11-31(15-18)24(33)12-19-14-26-22-10-6-5-9-21(19)22/h5-6,9-10,13-14,18,26H,7-8,11-12,15-16H2,1-4H3/t18-/m0/s1. The SMILES string of the molecule is CC(=O)N(C)Cc1cc(N(C)C)nc([C@H]2CCCN(C(=O)Cc3c[nH]c4ccccc34)C2)n1. The van der Waals surface area contributed by atoms with E-state index in [0.717, 1.165) is 53.2 Å². The third-order valence-corrected chi connectivity index (χ3v) is 6.33. The predicted molar refractivity (Wildman–Crippen MR) is 129 cm³/mol. The Kier molecular flexibility index (Phi) is 6.62. The van der Waals surface area contributed by atoms with Crippen LogP contribution in [0.25, 0.3) is 10.9 Å². The Balaban J connectivity index is 1.52. The van der Waals surface area contributed by atoms with E-state index in [2.05, 4.69) is 4.98 Å². The van der Waals surface area contributed by atoms with Crippen LogP contribution in [0.15, 0.2) is 36.5 Å². The molecule has 8 heteroatoms. The van der Waals surface area contributed by atoms with E-state index in [-0.39, 0.29) is 17.7 Å². The molecule has 0 saturated carbocycles. The van der Waals surface area contributed by atoms with Gasteiger partial charge in [0, 0.05) is 70.2 Å². The second-order valence-electron chi connectivity index (χ2n) is 9.06. The second kappa shape index (κ2) is 9.60. The van der Waals surface area contributed by atoms with E-state index in [1.807, 2.05) is 60.4 Å². The van der Waals surface area contributed by atoms with Crippen molar-refractivity contribution in [1.82, 2.24) is 24.8 Å². The fraction of sp³-hybridized carbons (Fsp3) is 0.440. The molecule has 1 atom stereocenters. The number of nitrogens with zero attached hydrogens (tertiary/aromatic N) is 5. The molecule has 2 amide bonds. The first-order valence-electron chi connectivity index (χ1n) is 11.4. The smallest absolute Gasteiger partial charge is 0.227 e. The molecule has 0 spiro atoms. The lowest BCUT2D eigenvalue weighted by molar-refractivity contribution is -0.131. The van der Waals surface area contributed by atoms with Crippen molar-refractivity contribution in [2.75, 3.05) is 39.1 Å². The number of likely N-dealkylation sites (tertiary alicyclic amines) is 1. The highest BCUT2D eigenvalue weighted by atomic mass is 16.2. The number of fused-ring (bicyclic) bond motifs is 1. The van der Waals surface area contributed by atoms with Gasteiger partial charge in [-0.3, -0.25) is 9.59 Å². The van der Waals surface area contributed by atoms with Gasteiger partial charge in [0.05, 0.1) is 18.7 Å². The zero-order valence-corrected chi connectivity index (χ0v) is 19.8. The first-order valence-corrected chi connectivity index (χ1v) is 11.4. The molecule has 1 fully saturated rings. The van der Waals surface area contributed by atoms with Gasteiger partial charge in [-0.1, -0.05) is 18.2 Å². The van der Waals surface area contributed by atoms with Crippen LogP contribution in [0, 0.1) is 0 Å². The summed E-state index contributed by atoms with van der Waals surface area (Å²) in [6.07, 6.45) is 4.17. The molecule has 2 aromatic heterocycles. The summed E-state index contributed by atoms with van der Waals surface area (Å²) >= 11 is 0. The van der Waals surface area contributed by atoms with Gasteiger partial charge in [-0.05, 0) is 24.5 Å². The number of rotatable bonds is 6. The maximum atomic E-state index is 13.2. The normalized spacial score (nSPS) is 16.1. The van der Waals surface area contributed by atoms with Crippen LogP contribution in [0.1, 0.15) is 42.8 Å². The Morgan fingerprint density at radius 3 is 2.73 bits per heavy atom. The number of aromatic nitrogens is 3. The van der Waals surface area contributed by atoms with Crippen molar-refractivity contribution in [2.45, 2.75) is 38.6 Å². The molecule has 3 heterocycles. The molecular weight excluding hydrogens is 416 g/mol. The van der Waals surface area contributed by atoms with Crippen LogP contribution in [0.3, 0.4) is 0 Å². The average molecular weight is 449 g/mol. The van der Waals surface area contributed by atoms with Crippen molar-refractivity contribution in [3.8, 4) is 0 Å². The van der Waals surface area contributed by atoms with Crippen LogP contribution < -0.4 is 4.90 Å². The summed E-state index contributed by atoms with van der Waals surface area (Å²) in [6, 6.07) is 9.98. The highest BCUT2D eigenvalue weighted by molar-refractivity contribution is 5.89. The van der Waals surface area contributed by atoms with Gasteiger partial charge < -0.3 is 19.7 Å². The van der Waals surface area contributed by atoms with E-state index in [4.69, 9.17) is 9.97 Å². The fourth-order valence-electron chi connectivity index (χ4n) is 4.32. The summed E-state index contributed by atoms with van der Waals surface area (Å²) in [5, 5.41) is 1.10. The number of benzene rings is 1. The number of hydrogen-bond acceptors (Lipinski definition) is 5. The summed E-state index contributed by atoms with van der Waals surface area (Å²) in [7, 11) is 5.66. The number of anilines is 1. The van der Waals surface area contributed by atoms with E-state index < -0.39 is 0 Å². The van der Waals surface area contributed by atoms with Crippen LogP contribution in [-0.2, 0) is 22.6 Å². The maximum absolute atomic E-state index is 13.2. The largest absolute Gasteiger partial charge is 0.363 e. The lowest BCUT2D eigenvalue weighted by Crippen LogP contribution is -2.40. The number of H-pyrrole nitrogens is 1. The molecule has 1 aliphatic rings. The molecule has 0 unspecified atom stereocenters. The molecule has 4 rings (SSSR count). The molecular formula is C25H32N6O2. The number of carbonyl (C=O) groups excluding carboxylic acids is 2. The predicted octanol–water partition coefficient (Wildman–Crippen LogP) is 2.95. The van der Waals surface area contributed by atoms with Crippen LogP contribution >= 0.6 is 0 Å². The average Bonchev–Trinajstić information content (AvgIpc) is 3.21. The van der Waals surface area contributed by atoms with E-state index in [1.54, 1.807) is 18.9 Å². The zero-order chi connectivity index (χ0) is 23.5. The van der Waals surface area contributed by atoms with Crippen molar-refractivity contribution < 1.29 is 9.59 Å². The molecule has 0 aliphatic carbocycles. The van der Waals surface area contributed by atoms with Crippen LogP contribution in [0.5, 0.6) is 0 Å². The Morgan fingerprint density at radius 2 is 1.97 bits per heavy atom. The molecule has 33 heavy (non-hydrogen) atoms. The van der Waals surface area contributed by atoms with Crippen LogP contribution in [-0.4, -0.2) is 70.8 Å². The lowest BCUT2D eigenvalue weighted by Gasteiger charge is -2.32. The quantitative estimate of drug-likeness (QED) is 0.627. The number of piperidine rings is 1. The summed E-state index contributed by atoms with van der Waals surface area (Å²) in [6.45, 7) is 3.35. The lowest BCUT2D eigenvalue weighted by atomic mass is 9.96. The summed E-state index contributed by atoms with van der Waals surface area (Å²) in [5.74, 6) is 1.76. The van der Waals surface area contributed by atoms with Gasteiger partial charge in [0.15, 0.2) is 0 Å². The first kappa shape index (κ1) is 22.8. The minimum Gasteiger partial charge on any atom is -0.363 e. The van der Waals surface area contributed by atoms with Crippen molar-refractivity contribution in [1.29, 1.82) is 0 Å². The van der Waals surface area contributed by atoms with E-state index in [9.17, 15) is 9.59 Å². The monoisotopic (exact) mass is 448 g/mol. The third kappa shape index (κ3) is 5.16. The summed E-state index contributed by atoms with van der Waals surface area (Å²) < 4.78 is 0. The van der Waals surface area contributed by atoms with Crippen molar-refractivity contribution in [3.05, 3.63) is 53.6 Å². The first-order chi connectivity index (χ1) is 15.8. The van der Waals surface area contributed by atoms with Gasteiger partial charge >= 0.3 is 0 Å². The van der Waals surface area contributed by atoms with E-state index in [0.29, 0.717) is 19.5 Å². The molecule has 1 aromatic carbocycles. The number of para-hydroxylation sites is 1. The molecule has 0 radical (unpaired) electrons. The number of aromatic amines is 1. The van der Waals surface area contributed by atoms with E-state index in [1.165, 1.54) is 0 Å². The maximum Gasteiger partial charge on any atom is 0.227 e. The van der Waals surface area contributed by atoms with Gasteiger partial charge in [-0.2, -0.15) is 0 Å². The highest BCUT2D eigenvalue weighted by Gasteiger charge is 2.28. The van der Waals surface area contributed by atoms with Gasteiger partial charge in [0.2, 0.25) is 11.8 Å². The Hall–Kier alpha value is -3.42. The van der Waals surface area contributed by atoms with Crippen molar-refractivity contribution >= 4 is 28.5 Å². The van der Waals surface area contributed by atoms with E-state index >= 15 is 0 Å². The minimum absolute atomic E-state index is 0.00622. The number of hydrogen-bond donors (Lipinski definition) is 1. The Bertz CT molecular complexity index is 1150. The molecule has 8 nitrogen and oxygen atoms in total. The fourth-order valence-corrected chi connectivity index (χ4v) is 4.32. The van der Waals surface area contributed by atoms with Gasteiger partial charge in [-0.15, -0.1) is 0 Å². The minimum atomic E-state index is -0.00622. The molecule has 1 N–H and O–H groups in total. The summed E-state index contributed by atoms with van der Waals surface area (Å²) in [5.41, 5.74) is 2.88. The van der Waals surface area contributed by atoms with Crippen LogP contribution in [0.2, 0.25) is 0 Å². The van der Waals surface area contributed by atoms with Crippen molar-refractivity contribution in [3.63, 3.8) is 0 Å². The molecule has 174 valence electrons. The van der Waals surface area contributed by atoms with Crippen LogP contribution in [0.4, 0.5) is 5.82 Å². The Labute approximate surface area is 194 Å². The number of nitrogens with one attached hydrogen (secondary N) is 1. The Morgan fingerprint density at radius 1 is 1.18 bits per heavy atom. The van der Waals surface area contributed by atoms with Gasteiger partial charge in [-0.25, -0.2) is 9.97 Å². The second-order valence-corrected chi connectivity index (χ2v) is 9.06. The topological polar surface area (TPSA) is 85.4 Å². The van der Waals surface area contributed by atoms with Gasteiger partial charge in [0.1, 0.15) is 11.6 Å². The molecule has 0 bridgehead atoms. The van der Waals surface area contributed by atoms with Gasteiger partial charge in [0.25, 0.3) is 0 Å². The molecule has 3 aromatic rings. The zero-order valence-electron chi connectivity index (χ0n) is 19.8. The number of amides is 2. The molecule has 1 aliphatic heterocycles. The van der Waals surface area contributed by atoms with Crippen molar-refractivity contribution in [2.24, 2.45) is 0 Å². The highest BCUT2D eigenvalue weighted by Crippen LogP contribution is 2.27. The third-order valence-electron chi connectivity index (χ3n) is 6.33. The number of carbonyl (C=O) groups is 2. The molecule has 1 saturated heterocycles.